The van der Waals surface area contributed by atoms with E-state index in [4.69, 9.17) is 16.3 Å². The highest BCUT2D eigenvalue weighted by molar-refractivity contribution is 8.18. The monoisotopic (exact) mass is 549 g/mol. The van der Waals surface area contributed by atoms with Crippen molar-refractivity contribution < 1.29 is 22.7 Å². The molecule has 0 radical (unpaired) electrons. The molecule has 2 aliphatic heterocycles. The minimum Gasteiger partial charge on any atom is -0.383 e. The predicted octanol–water partition coefficient (Wildman–Crippen LogP) is 4.65. The van der Waals surface area contributed by atoms with Crippen LogP contribution in [0.5, 0.6) is 0 Å². The van der Waals surface area contributed by atoms with Gasteiger partial charge in [-0.3, -0.25) is 9.48 Å². The average Bonchev–Trinajstić information content (AvgIpc) is 3.43. The number of ether oxygens (including phenoxy) is 1. The van der Waals surface area contributed by atoms with Gasteiger partial charge in [-0.1, -0.05) is 23.7 Å². The summed E-state index contributed by atoms with van der Waals surface area (Å²) in [4.78, 5) is 19.4. The van der Waals surface area contributed by atoms with Gasteiger partial charge < -0.3 is 15.0 Å². The Labute approximate surface area is 220 Å². The fraction of sp³-hybridized carbons (Fsp3) is 0.320. The molecule has 3 heterocycles. The Hall–Kier alpha value is -2.86. The van der Waals surface area contributed by atoms with E-state index in [0.717, 1.165) is 30.1 Å². The van der Waals surface area contributed by atoms with Crippen LogP contribution in [0.25, 0.3) is 17.0 Å². The maximum atomic E-state index is 13.5. The van der Waals surface area contributed by atoms with Gasteiger partial charge in [0.15, 0.2) is 5.17 Å². The molecular weight excluding hydrogens is 527 g/mol. The van der Waals surface area contributed by atoms with Crippen molar-refractivity contribution in [2.75, 3.05) is 33.4 Å². The van der Waals surface area contributed by atoms with E-state index in [1.807, 2.05) is 12.1 Å². The number of nitrogens with zero attached hydrogens (tertiary/aromatic N) is 4. The van der Waals surface area contributed by atoms with Crippen LogP contribution in [0.4, 0.5) is 13.2 Å². The number of nitrogens with one attached hydrogen (secondary N) is 1. The van der Waals surface area contributed by atoms with E-state index in [-0.39, 0.29) is 29.1 Å². The van der Waals surface area contributed by atoms with Gasteiger partial charge in [0.2, 0.25) is 0 Å². The Morgan fingerprint density at radius 3 is 2.89 bits per heavy atom. The minimum absolute atomic E-state index is 0.0253. The van der Waals surface area contributed by atoms with E-state index < -0.39 is 11.7 Å². The van der Waals surface area contributed by atoms with Gasteiger partial charge in [0.25, 0.3) is 5.91 Å². The van der Waals surface area contributed by atoms with Crippen LogP contribution < -0.4 is 5.32 Å². The third-order valence-corrected chi connectivity index (χ3v) is 7.44. The molecule has 37 heavy (non-hydrogen) atoms. The molecule has 194 valence electrons. The minimum atomic E-state index is -4.52. The third kappa shape index (κ3) is 5.69. The summed E-state index contributed by atoms with van der Waals surface area (Å²) in [6, 6.07) is 9.35. The van der Waals surface area contributed by atoms with Crippen LogP contribution in [0.15, 0.2) is 52.5 Å². The molecule has 0 saturated carbocycles. The number of rotatable bonds is 5. The fourth-order valence-electron chi connectivity index (χ4n) is 4.43. The molecule has 12 heteroatoms. The first-order valence-electron chi connectivity index (χ1n) is 11.5. The largest absolute Gasteiger partial charge is 0.416 e. The van der Waals surface area contributed by atoms with Crippen molar-refractivity contribution in [1.82, 2.24) is 20.0 Å². The maximum Gasteiger partial charge on any atom is 0.416 e. The molecule has 1 fully saturated rings. The van der Waals surface area contributed by atoms with Gasteiger partial charge in [-0.15, -0.1) is 0 Å². The van der Waals surface area contributed by atoms with Crippen LogP contribution in [0, 0.1) is 0 Å². The lowest BCUT2D eigenvalue weighted by molar-refractivity contribution is -0.138. The molecule has 1 atom stereocenters. The van der Waals surface area contributed by atoms with Crippen LogP contribution in [-0.2, 0) is 22.3 Å². The molecule has 1 aromatic heterocycles. The number of carbonyl (C=O) groups is 1. The zero-order valence-corrected chi connectivity index (χ0v) is 21.3. The van der Waals surface area contributed by atoms with E-state index in [1.54, 1.807) is 25.4 Å². The number of hydrogen-bond acceptors (Lipinski definition) is 6. The summed E-state index contributed by atoms with van der Waals surface area (Å²) in [5.41, 5.74) is 0.749. The molecule has 2 aromatic carbocycles. The number of alkyl halides is 3. The molecule has 0 aliphatic carbocycles. The number of amidine groups is 1. The predicted molar refractivity (Wildman–Crippen MR) is 139 cm³/mol. The second kappa shape index (κ2) is 10.5. The standard InChI is InChI=1S/C25H23ClF3N5O2S/c1-36-14-19-13-33(7-6-30-19)24-32-23(35)22(37-24)9-15-2-5-21-17(8-15)11-31-34(21)12-16-3-4-18(26)10-20(16)25(27,28)29/h2-5,8-11,19,30H,6-7,12-14H2,1H3/b22-9-/t19-/m0/s1. The number of fused-ring (bicyclic) bond motifs is 1. The molecule has 1 N–H and O–H groups in total. The maximum absolute atomic E-state index is 13.5. The highest BCUT2D eigenvalue weighted by atomic mass is 35.5. The normalized spacial score (nSPS) is 19.8. The summed E-state index contributed by atoms with van der Waals surface area (Å²) in [6.07, 6.45) is -1.15. The van der Waals surface area contributed by atoms with E-state index in [9.17, 15) is 18.0 Å². The Bertz CT molecular complexity index is 1400. The first kappa shape index (κ1) is 25.8. The molecule has 0 spiro atoms. The molecule has 3 aromatic rings. The van der Waals surface area contributed by atoms with Gasteiger partial charge in [0, 0.05) is 43.2 Å². The molecule has 0 bridgehead atoms. The lowest BCUT2D eigenvalue weighted by atomic mass is 10.1. The zero-order valence-electron chi connectivity index (χ0n) is 19.8. The summed E-state index contributed by atoms with van der Waals surface area (Å²) in [7, 11) is 1.66. The number of carbonyl (C=O) groups excluding carboxylic acids is 1. The van der Waals surface area contributed by atoms with Gasteiger partial charge in [-0.2, -0.15) is 23.3 Å². The van der Waals surface area contributed by atoms with Crippen LogP contribution >= 0.6 is 23.4 Å². The quantitative estimate of drug-likeness (QED) is 0.467. The summed E-state index contributed by atoms with van der Waals surface area (Å²) >= 11 is 7.14. The highest BCUT2D eigenvalue weighted by Crippen LogP contribution is 2.35. The number of thioether (sulfide) groups is 1. The van der Waals surface area contributed by atoms with Crippen LogP contribution in [0.2, 0.25) is 5.02 Å². The zero-order chi connectivity index (χ0) is 26.2. The molecular formula is C25H23ClF3N5O2S. The molecule has 0 unspecified atom stereocenters. The van der Waals surface area contributed by atoms with Crippen LogP contribution in [0.1, 0.15) is 16.7 Å². The van der Waals surface area contributed by atoms with Crippen molar-refractivity contribution in [3.63, 3.8) is 0 Å². The second-order valence-corrected chi connectivity index (χ2v) is 10.2. The van der Waals surface area contributed by atoms with Crippen molar-refractivity contribution in [3.05, 3.63) is 69.2 Å². The number of benzene rings is 2. The molecule has 2 aliphatic rings. The van der Waals surface area contributed by atoms with E-state index >= 15 is 0 Å². The number of aromatic nitrogens is 2. The third-order valence-electron chi connectivity index (χ3n) is 6.16. The molecule has 1 saturated heterocycles. The Kier molecular flexibility index (Phi) is 7.30. The molecule has 7 nitrogen and oxygen atoms in total. The Morgan fingerprint density at radius 2 is 2.11 bits per heavy atom. The van der Waals surface area contributed by atoms with Crippen molar-refractivity contribution in [2.45, 2.75) is 18.8 Å². The lowest BCUT2D eigenvalue weighted by Gasteiger charge is -2.34. The van der Waals surface area contributed by atoms with Crippen molar-refractivity contribution in [2.24, 2.45) is 4.99 Å². The van der Waals surface area contributed by atoms with Gasteiger partial charge in [-0.25, -0.2) is 0 Å². The number of hydrogen-bond donors (Lipinski definition) is 1. The van der Waals surface area contributed by atoms with Crippen LogP contribution in [0.3, 0.4) is 0 Å². The summed E-state index contributed by atoms with van der Waals surface area (Å²) in [6.45, 7) is 2.75. The summed E-state index contributed by atoms with van der Waals surface area (Å²) < 4.78 is 47.3. The first-order valence-corrected chi connectivity index (χ1v) is 12.7. The smallest absolute Gasteiger partial charge is 0.383 e. The summed E-state index contributed by atoms with van der Waals surface area (Å²) in [5.74, 6) is -0.292. The lowest BCUT2D eigenvalue weighted by Crippen LogP contribution is -2.53. The number of halogens is 4. The van der Waals surface area contributed by atoms with Crippen molar-refractivity contribution >= 4 is 51.4 Å². The highest BCUT2D eigenvalue weighted by Gasteiger charge is 2.34. The van der Waals surface area contributed by atoms with Gasteiger partial charge in [0.05, 0.1) is 35.3 Å². The van der Waals surface area contributed by atoms with Gasteiger partial charge >= 0.3 is 6.18 Å². The van der Waals surface area contributed by atoms with Gasteiger partial charge in [-0.05, 0) is 53.2 Å². The first-order chi connectivity index (χ1) is 17.7. The molecule has 1 amide bonds. The second-order valence-electron chi connectivity index (χ2n) is 8.78. The molecule has 5 rings (SSSR count). The Balaban J connectivity index is 1.33. The Morgan fingerprint density at radius 1 is 1.27 bits per heavy atom. The topological polar surface area (TPSA) is 71.8 Å². The number of aliphatic imine (C=N–C) groups is 1. The van der Waals surface area contributed by atoms with Crippen molar-refractivity contribution in [1.29, 1.82) is 0 Å². The number of piperazine rings is 1. The van der Waals surface area contributed by atoms with E-state index in [1.165, 1.54) is 28.6 Å². The average molecular weight is 550 g/mol. The SMILES string of the molecule is COC[C@@H]1CN(C2=NC(=O)/C(=C/c3ccc4c(cnn4Cc4ccc(Cl)cc4C(F)(F)F)c3)S2)CCN1. The number of amides is 1. The van der Waals surface area contributed by atoms with Crippen LogP contribution in [-0.4, -0.2) is 65.1 Å². The summed E-state index contributed by atoms with van der Waals surface area (Å²) in [5, 5.41) is 9.13. The van der Waals surface area contributed by atoms with Crippen molar-refractivity contribution in [3.8, 4) is 0 Å². The fourth-order valence-corrected chi connectivity index (χ4v) is 5.55. The number of methoxy groups -OCH3 is 1. The van der Waals surface area contributed by atoms with E-state index in [0.29, 0.717) is 28.7 Å². The van der Waals surface area contributed by atoms with Gasteiger partial charge in [0.1, 0.15) is 0 Å². The van der Waals surface area contributed by atoms with E-state index in [2.05, 4.69) is 20.3 Å².